The molecule has 54 heavy (non-hydrogen) atoms. The van der Waals surface area contributed by atoms with Gasteiger partial charge in [-0.25, -0.2) is 0 Å². The number of aliphatic hydroxyl groups excluding tert-OH is 1. The van der Waals surface area contributed by atoms with Crippen molar-refractivity contribution in [3.05, 3.63) is 48.6 Å². The molecule has 0 aliphatic carbocycles. The van der Waals surface area contributed by atoms with Crippen molar-refractivity contribution in [2.45, 2.75) is 238 Å². The van der Waals surface area contributed by atoms with Crippen LogP contribution >= 0.6 is 0 Å². The lowest BCUT2D eigenvalue weighted by Gasteiger charge is -2.15. The number of hydrogen-bond donors (Lipinski definition) is 1. The highest BCUT2D eigenvalue weighted by Crippen LogP contribution is 2.14. The third-order valence-electron chi connectivity index (χ3n) is 10.1. The molecule has 0 bridgehead atoms. The Morgan fingerprint density at radius 1 is 0.426 bits per heavy atom. The number of ether oxygens (including phenoxy) is 2. The van der Waals surface area contributed by atoms with Crippen molar-refractivity contribution in [1.29, 1.82) is 0 Å². The molecule has 0 heterocycles. The molecule has 1 atom stereocenters. The SMILES string of the molecule is CCCCCCC/C=C\C/C=C\C/C=C\CCCCCCCCC(=O)OC(CO)COC(=O)CCCCCCCCCCC/C=C\CCCCCCCC. The molecule has 0 spiro atoms. The molecule has 314 valence electrons. The van der Waals surface area contributed by atoms with E-state index in [4.69, 9.17) is 9.47 Å². The number of aliphatic hydroxyl groups is 1. The molecule has 0 aliphatic heterocycles. The van der Waals surface area contributed by atoms with Gasteiger partial charge in [-0.2, -0.15) is 0 Å². The predicted octanol–water partition coefficient (Wildman–Crippen LogP) is 15.0. The van der Waals surface area contributed by atoms with E-state index in [0.717, 1.165) is 57.8 Å². The summed E-state index contributed by atoms with van der Waals surface area (Å²) in [5, 5.41) is 9.60. The van der Waals surface area contributed by atoms with Gasteiger partial charge in [-0.05, 0) is 77.0 Å². The van der Waals surface area contributed by atoms with Gasteiger partial charge in [-0.1, -0.05) is 191 Å². The zero-order valence-electron chi connectivity index (χ0n) is 35.7. The minimum atomic E-state index is -0.780. The normalized spacial score (nSPS) is 12.6. The maximum absolute atomic E-state index is 12.2. The highest BCUT2D eigenvalue weighted by molar-refractivity contribution is 5.70. The fourth-order valence-corrected chi connectivity index (χ4v) is 6.56. The Labute approximate surface area is 335 Å². The van der Waals surface area contributed by atoms with Crippen LogP contribution in [0.1, 0.15) is 232 Å². The molecule has 0 amide bonds. The van der Waals surface area contributed by atoms with E-state index in [0.29, 0.717) is 12.8 Å². The van der Waals surface area contributed by atoms with E-state index >= 15 is 0 Å². The largest absolute Gasteiger partial charge is 0.462 e. The molecule has 5 nitrogen and oxygen atoms in total. The first-order chi connectivity index (χ1) is 26.6. The van der Waals surface area contributed by atoms with E-state index in [-0.39, 0.29) is 25.2 Å². The zero-order valence-corrected chi connectivity index (χ0v) is 35.7. The quantitative estimate of drug-likeness (QED) is 0.0381. The minimum absolute atomic E-state index is 0.0720. The average molecular weight is 757 g/mol. The molecular formula is C49H88O5. The average Bonchev–Trinajstić information content (AvgIpc) is 3.17. The van der Waals surface area contributed by atoms with Gasteiger partial charge in [0.25, 0.3) is 0 Å². The third kappa shape index (κ3) is 42.6. The Kier molecular flexibility index (Phi) is 43.5. The van der Waals surface area contributed by atoms with Crippen molar-refractivity contribution in [3.8, 4) is 0 Å². The van der Waals surface area contributed by atoms with Gasteiger partial charge in [-0.15, -0.1) is 0 Å². The van der Waals surface area contributed by atoms with Gasteiger partial charge in [0, 0.05) is 12.8 Å². The molecule has 0 rings (SSSR count). The van der Waals surface area contributed by atoms with E-state index in [2.05, 4.69) is 62.5 Å². The van der Waals surface area contributed by atoms with Gasteiger partial charge in [0.15, 0.2) is 6.10 Å². The van der Waals surface area contributed by atoms with Crippen LogP contribution in [0, 0.1) is 0 Å². The molecule has 0 saturated heterocycles. The maximum Gasteiger partial charge on any atom is 0.306 e. The lowest BCUT2D eigenvalue weighted by molar-refractivity contribution is -0.161. The predicted molar refractivity (Wildman–Crippen MR) is 233 cm³/mol. The van der Waals surface area contributed by atoms with E-state index in [1.54, 1.807) is 0 Å². The topological polar surface area (TPSA) is 72.8 Å². The van der Waals surface area contributed by atoms with Crippen molar-refractivity contribution in [2.24, 2.45) is 0 Å². The van der Waals surface area contributed by atoms with Crippen molar-refractivity contribution < 1.29 is 24.2 Å². The molecular weight excluding hydrogens is 669 g/mol. The molecule has 0 aromatic rings. The van der Waals surface area contributed by atoms with Crippen molar-refractivity contribution >= 4 is 11.9 Å². The summed E-state index contributed by atoms with van der Waals surface area (Å²) in [4.78, 5) is 24.4. The van der Waals surface area contributed by atoms with Gasteiger partial charge in [0.2, 0.25) is 0 Å². The molecule has 0 radical (unpaired) electrons. The number of allylic oxidation sites excluding steroid dienone is 8. The van der Waals surface area contributed by atoms with E-state index in [9.17, 15) is 14.7 Å². The first-order valence-corrected chi connectivity index (χ1v) is 23.2. The van der Waals surface area contributed by atoms with Crippen LogP contribution in [0.4, 0.5) is 0 Å². The monoisotopic (exact) mass is 757 g/mol. The fraction of sp³-hybridized carbons (Fsp3) is 0.796. The Morgan fingerprint density at radius 3 is 1.13 bits per heavy atom. The van der Waals surface area contributed by atoms with Gasteiger partial charge in [0.05, 0.1) is 6.61 Å². The summed E-state index contributed by atoms with van der Waals surface area (Å²) in [6.07, 6.45) is 57.5. The minimum Gasteiger partial charge on any atom is -0.462 e. The number of carbonyl (C=O) groups is 2. The molecule has 5 heteroatoms. The summed E-state index contributed by atoms with van der Waals surface area (Å²) in [7, 11) is 0. The second-order valence-corrected chi connectivity index (χ2v) is 15.5. The van der Waals surface area contributed by atoms with Crippen LogP contribution in [0.5, 0.6) is 0 Å². The summed E-state index contributed by atoms with van der Waals surface area (Å²) < 4.78 is 10.6. The summed E-state index contributed by atoms with van der Waals surface area (Å²) in [5.41, 5.74) is 0. The fourth-order valence-electron chi connectivity index (χ4n) is 6.56. The molecule has 0 saturated carbocycles. The van der Waals surface area contributed by atoms with Gasteiger partial charge < -0.3 is 14.6 Å². The number of rotatable bonds is 42. The van der Waals surface area contributed by atoms with Crippen LogP contribution in [0.3, 0.4) is 0 Å². The second-order valence-electron chi connectivity index (χ2n) is 15.5. The van der Waals surface area contributed by atoms with Crippen molar-refractivity contribution in [2.75, 3.05) is 13.2 Å². The van der Waals surface area contributed by atoms with Crippen LogP contribution < -0.4 is 0 Å². The van der Waals surface area contributed by atoms with Gasteiger partial charge >= 0.3 is 11.9 Å². The number of hydrogen-bond acceptors (Lipinski definition) is 5. The zero-order chi connectivity index (χ0) is 39.3. The van der Waals surface area contributed by atoms with Crippen LogP contribution in [-0.4, -0.2) is 36.4 Å². The van der Waals surface area contributed by atoms with Crippen LogP contribution in [-0.2, 0) is 19.1 Å². The van der Waals surface area contributed by atoms with E-state index < -0.39 is 6.10 Å². The Balaban J connectivity index is 3.56. The molecule has 1 unspecified atom stereocenters. The second kappa shape index (κ2) is 45.3. The molecule has 1 N–H and O–H groups in total. The lowest BCUT2D eigenvalue weighted by Crippen LogP contribution is -2.28. The first kappa shape index (κ1) is 51.9. The van der Waals surface area contributed by atoms with Crippen LogP contribution in [0.25, 0.3) is 0 Å². The highest BCUT2D eigenvalue weighted by atomic mass is 16.6. The molecule has 0 aromatic heterocycles. The van der Waals surface area contributed by atoms with Gasteiger partial charge in [0.1, 0.15) is 6.61 Å². The number of esters is 2. The van der Waals surface area contributed by atoms with Crippen LogP contribution in [0.15, 0.2) is 48.6 Å². The summed E-state index contributed by atoms with van der Waals surface area (Å²) in [6, 6.07) is 0. The highest BCUT2D eigenvalue weighted by Gasteiger charge is 2.16. The Bertz CT molecular complexity index is 904. The molecule has 0 aliphatic rings. The third-order valence-corrected chi connectivity index (χ3v) is 10.1. The summed E-state index contributed by atoms with van der Waals surface area (Å²) in [5.74, 6) is -0.603. The first-order valence-electron chi connectivity index (χ1n) is 23.2. The summed E-state index contributed by atoms with van der Waals surface area (Å²) >= 11 is 0. The Morgan fingerprint density at radius 2 is 0.741 bits per heavy atom. The number of unbranched alkanes of at least 4 members (excludes halogenated alkanes) is 26. The molecule has 0 aromatic carbocycles. The van der Waals surface area contributed by atoms with Crippen molar-refractivity contribution in [1.82, 2.24) is 0 Å². The van der Waals surface area contributed by atoms with E-state index in [1.807, 2.05) is 0 Å². The van der Waals surface area contributed by atoms with Crippen LogP contribution in [0.2, 0.25) is 0 Å². The standard InChI is InChI=1S/C49H88O5/c1-3-5-7-9-11-13-15-17-19-21-23-24-26-28-30-32-34-36-38-40-42-44-49(52)54-47(45-50)46-53-48(51)43-41-39-37-35-33-31-29-27-25-22-20-18-16-14-12-10-8-6-4-2/h15,17-18,20-21,23,26,28,47,50H,3-14,16,19,22,24-25,27,29-46H2,1-2H3/b17-15-,20-18-,23-21-,28-26-. The van der Waals surface area contributed by atoms with Gasteiger partial charge in [-0.3, -0.25) is 9.59 Å². The maximum atomic E-state index is 12.2. The van der Waals surface area contributed by atoms with Crippen molar-refractivity contribution in [3.63, 3.8) is 0 Å². The lowest BCUT2D eigenvalue weighted by atomic mass is 10.1. The van der Waals surface area contributed by atoms with E-state index in [1.165, 1.54) is 148 Å². The summed E-state index contributed by atoms with van der Waals surface area (Å²) in [6.45, 7) is 4.12. The molecule has 0 fully saturated rings. The Hall–Kier alpha value is -2.14. The number of carbonyl (C=O) groups excluding carboxylic acids is 2. The smallest absolute Gasteiger partial charge is 0.306 e.